The molecule has 0 aromatic heterocycles. The van der Waals surface area contributed by atoms with Crippen LogP contribution in [0.5, 0.6) is 0 Å². The molecule has 0 bridgehead atoms. The number of amides is 1. The van der Waals surface area contributed by atoms with Crippen LogP contribution in [0.3, 0.4) is 0 Å². The van der Waals surface area contributed by atoms with E-state index in [0.29, 0.717) is 6.54 Å². The van der Waals surface area contributed by atoms with Crippen LogP contribution in [-0.2, 0) is 17.9 Å². The molecule has 14 heavy (non-hydrogen) atoms. The van der Waals surface area contributed by atoms with Gasteiger partial charge in [-0.25, -0.2) is 0 Å². The maximum atomic E-state index is 10.4. The van der Waals surface area contributed by atoms with Crippen molar-refractivity contribution in [2.75, 3.05) is 6.54 Å². The molecule has 0 saturated heterocycles. The van der Waals surface area contributed by atoms with E-state index in [2.05, 4.69) is 5.32 Å². The van der Waals surface area contributed by atoms with Gasteiger partial charge in [0.1, 0.15) is 0 Å². The summed E-state index contributed by atoms with van der Waals surface area (Å²) in [5.41, 5.74) is 6.86. The van der Waals surface area contributed by atoms with Crippen molar-refractivity contribution in [3.63, 3.8) is 0 Å². The third-order valence-electron chi connectivity index (χ3n) is 1.80. The van der Waals surface area contributed by atoms with Crippen molar-refractivity contribution in [3.8, 4) is 0 Å². The first kappa shape index (κ1) is 10.7. The van der Waals surface area contributed by atoms with Crippen molar-refractivity contribution in [2.45, 2.75) is 13.2 Å². The van der Waals surface area contributed by atoms with Crippen LogP contribution in [0.4, 0.5) is 0 Å². The maximum absolute atomic E-state index is 10.4. The average molecular weight is 194 g/mol. The third kappa shape index (κ3) is 3.55. The third-order valence-corrected chi connectivity index (χ3v) is 1.80. The smallest absolute Gasteiger partial charge is 0.231 e. The fraction of sp³-hybridized carbons (Fsp3) is 0.300. The monoisotopic (exact) mass is 194 g/mol. The van der Waals surface area contributed by atoms with Gasteiger partial charge in [0.2, 0.25) is 5.91 Å². The van der Waals surface area contributed by atoms with Crippen LogP contribution in [0.15, 0.2) is 24.3 Å². The number of nitrogens with two attached hydrogens (primary N) is 1. The normalized spacial score (nSPS) is 10.1. The lowest BCUT2D eigenvalue weighted by molar-refractivity contribution is -0.117. The van der Waals surface area contributed by atoms with Gasteiger partial charge >= 0.3 is 0 Å². The molecule has 0 radical (unpaired) electrons. The summed E-state index contributed by atoms with van der Waals surface area (Å²) in [6, 6.07) is 7.52. The Morgan fingerprint density at radius 2 is 2.14 bits per heavy atom. The second kappa shape index (κ2) is 5.36. The quantitative estimate of drug-likeness (QED) is 0.605. The van der Waals surface area contributed by atoms with E-state index < -0.39 is 0 Å². The molecule has 1 amide bonds. The number of nitrogens with one attached hydrogen (secondary N) is 1. The molecule has 0 aliphatic heterocycles. The van der Waals surface area contributed by atoms with Crippen LogP contribution in [0, 0.1) is 0 Å². The summed E-state index contributed by atoms with van der Waals surface area (Å²) in [5.74, 6) is -0.372. The molecule has 4 N–H and O–H groups in total. The number of aliphatic hydroxyl groups excluding tert-OH is 1. The lowest BCUT2D eigenvalue weighted by Gasteiger charge is -2.03. The number of rotatable bonds is 5. The molecule has 0 saturated carbocycles. The first-order valence-corrected chi connectivity index (χ1v) is 4.40. The SMILES string of the molecule is NC(=O)CNCc1cccc(CO)c1. The highest BCUT2D eigenvalue weighted by molar-refractivity contribution is 5.75. The van der Waals surface area contributed by atoms with Crippen LogP contribution in [0.2, 0.25) is 0 Å². The molecular formula is C10H14N2O2. The molecule has 1 rings (SSSR count). The van der Waals surface area contributed by atoms with Gasteiger partial charge < -0.3 is 16.2 Å². The fourth-order valence-electron chi connectivity index (χ4n) is 1.17. The van der Waals surface area contributed by atoms with Crippen molar-refractivity contribution in [1.29, 1.82) is 0 Å². The largest absolute Gasteiger partial charge is 0.392 e. The van der Waals surface area contributed by atoms with E-state index in [9.17, 15) is 4.79 Å². The van der Waals surface area contributed by atoms with E-state index in [1.165, 1.54) is 0 Å². The molecule has 4 heteroatoms. The molecule has 0 heterocycles. The summed E-state index contributed by atoms with van der Waals surface area (Å²) >= 11 is 0. The van der Waals surface area contributed by atoms with Gasteiger partial charge in [-0.15, -0.1) is 0 Å². The average Bonchev–Trinajstić information content (AvgIpc) is 2.18. The Morgan fingerprint density at radius 1 is 1.43 bits per heavy atom. The van der Waals surface area contributed by atoms with E-state index in [4.69, 9.17) is 10.8 Å². The lowest BCUT2D eigenvalue weighted by Crippen LogP contribution is -2.28. The number of carbonyl (C=O) groups excluding carboxylic acids is 1. The number of hydrogen-bond donors (Lipinski definition) is 3. The second-order valence-corrected chi connectivity index (χ2v) is 3.05. The predicted octanol–water partition coefficient (Wildman–Crippen LogP) is -0.246. The van der Waals surface area contributed by atoms with E-state index in [1.807, 2.05) is 24.3 Å². The zero-order valence-electron chi connectivity index (χ0n) is 7.86. The zero-order valence-corrected chi connectivity index (χ0v) is 7.86. The number of aliphatic hydroxyl groups is 1. The standard InChI is InChI=1S/C10H14N2O2/c11-10(14)6-12-5-8-2-1-3-9(4-8)7-13/h1-4,12-13H,5-7H2,(H2,11,14). The van der Waals surface area contributed by atoms with E-state index in [-0.39, 0.29) is 19.1 Å². The fourth-order valence-corrected chi connectivity index (χ4v) is 1.17. The minimum atomic E-state index is -0.372. The molecule has 0 spiro atoms. The minimum absolute atomic E-state index is 0.0314. The van der Waals surface area contributed by atoms with E-state index in [0.717, 1.165) is 11.1 Å². The number of carbonyl (C=O) groups is 1. The Kier molecular flexibility index (Phi) is 4.10. The Balaban J connectivity index is 2.46. The first-order valence-electron chi connectivity index (χ1n) is 4.40. The molecule has 76 valence electrons. The topological polar surface area (TPSA) is 75.4 Å². The molecule has 0 atom stereocenters. The molecule has 0 aliphatic carbocycles. The summed E-state index contributed by atoms with van der Waals surface area (Å²) in [7, 11) is 0. The summed E-state index contributed by atoms with van der Waals surface area (Å²) in [4.78, 5) is 10.4. The van der Waals surface area contributed by atoms with Gasteiger partial charge in [0, 0.05) is 6.54 Å². The van der Waals surface area contributed by atoms with Crippen molar-refractivity contribution < 1.29 is 9.90 Å². The van der Waals surface area contributed by atoms with Crippen molar-refractivity contribution in [2.24, 2.45) is 5.73 Å². The van der Waals surface area contributed by atoms with Gasteiger partial charge in [-0.2, -0.15) is 0 Å². The zero-order chi connectivity index (χ0) is 10.4. The van der Waals surface area contributed by atoms with Crippen molar-refractivity contribution in [3.05, 3.63) is 35.4 Å². The second-order valence-electron chi connectivity index (χ2n) is 3.05. The summed E-state index contributed by atoms with van der Waals surface area (Å²) in [6.07, 6.45) is 0. The number of primary amides is 1. The van der Waals surface area contributed by atoms with Crippen molar-refractivity contribution in [1.82, 2.24) is 5.32 Å². The van der Waals surface area contributed by atoms with Gasteiger partial charge in [-0.1, -0.05) is 24.3 Å². The highest BCUT2D eigenvalue weighted by Gasteiger charge is 1.96. The number of benzene rings is 1. The van der Waals surface area contributed by atoms with Crippen LogP contribution < -0.4 is 11.1 Å². The molecule has 0 fully saturated rings. The molecule has 0 aliphatic rings. The maximum Gasteiger partial charge on any atom is 0.231 e. The van der Waals surface area contributed by atoms with Crippen LogP contribution in [0.1, 0.15) is 11.1 Å². The van der Waals surface area contributed by atoms with E-state index >= 15 is 0 Å². The Bertz CT molecular complexity index is 313. The van der Waals surface area contributed by atoms with Gasteiger partial charge in [0.05, 0.1) is 13.2 Å². The van der Waals surface area contributed by atoms with Crippen molar-refractivity contribution >= 4 is 5.91 Å². The minimum Gasteiger partial charge on any atom is -0.392 e. The van der Waals surface area contributed by atoms with Crippen LogP contribution in [0.25, 0.3) is 0 Å². The molecule has 1 aromatic rings. The molecule has 0 unspecified atom stereocenters. The van der Waals surface area contributed by atoms with Gasteiger partial charge in [0.15, 0.2) is 0 Å². The highest BCUT2D eigenvalue weighted by atomic mass is 16.3. The summed E-state index contributed by atoms with van der Waals surface area (Å²) in [6.45, 7) is 0.782. The molecular weight excluding hydrogens is 180 g/mol. The lowest BCUT2D eigenvalue weighted by atomic mass is 10.1. The van der Waals surface area contributed by atoms with Gasteiger partial charge in [-0.05, 0) is 11.1 Å². The Labute approximate surface area is 82.7 Å². The van der Waals surface area contributed by atoms with Gasteiger partial charge in [0.25, 0.3) is 0 Å². The number of hydrogen-bond acceptors (Lipinski definition) is 3. The molecule has 1 aromatic carbocycles. The van der Waals surface area contributed by atoms with Gasteiger partial charge in [-0.3, -0.25) is 4.79 Å². The summed E-state index contributed by atoms with van der Waals surface area (Å²) in [5, 5.41) is 11.8. The highest BCUT2D eigenvalue weighted by Crippen LogP contribution is 2.04. The predicted molar refractivity (Wildman–Crippen MR) is 53.3 cm³/mol. The van der Waals surface area contributed by atoms with Crippen LogP contribution >= 0.6 is 0 Å². The Morgan fingerprint density at radius 3 is 2.79 bits per heavy atom. The molecule has 4 nitrogen and oxygen atoms in total. The summed E-state index contributed by atoms with van der Waals surface area (Å²) < 4.78 is 0. The van der Waals surface area contributed by atoms with Crippen LogP contribution in [-0.4, -0.2) is 17.6 Å². The van der Waals surface area contributed by atoms with E-state index in [1.54, 1.807) is 0 Å². The first-order chi connectivity index (χ1) is 6.72. The Hall–Kier alpha value is -1.39.